The number of esters is 1. The molecule has 1 atom stereocenters. The number of aromatic amines is 1. The first-order valence-electron chi connectivity index (χ1n) is 6.52. The van der Waals surface area contributed by atoms with Crippen LogP contribution in [0.1, 0.15) is 17.4 Å². The van der Waals surface area contributed by atoms with Gasteiger partial charge in [0.2, 0.25) is 0 Å². The smallest absolute Gasteiger partial charge is 0.357 e. The van der Waals surface area contributed by atoms with Gasteiger partial charge in [-0.15, -0.1) is 0 Å². The number of ether oxygens (including phenoxy) is 1. The summed E-state index contributed by atoms with van der Waals surface area (Å²) >= 11 is 0. The van der Waals surface area contributed by atoms with E-state index in [9.17, 15) is 9.59 Å². The van der Waals surface area contributed by atoms with Gasteiger partial charge in [-0.3, -0.25) is 9.89 Å². The molecule has 0 spiro atoms. The summed E-state index contributed by atoms with van der Waals surface area (Å²) in [5, 5.41) is 6.70. The molecule has 2 rings (SSSR count). The van der Waals surface area contributed by atoms with Crippen molar-refractivity contribution in [2.75, 3.05) is 14.1 Å². The van der Waals surface area contributed by atoms with Gasteiger partial charge in [0.1, 0.15) is 5.69 Å². The average Bonchev–Trinajstić information content (AvgIpc) is 2.97. The van der Waals surface area contributed by atoms with Gasteiger partial charge in [0.05, 0.1) is 5.69 Å². The summed E-state index contributed by atoms with van der Waals surface area (Å²) in [6.45, 7) is 1.54. The Balaban J connectivity index is 2.08. The van der Waals surface area contributed by atoms with Crippen molar-refractivity contribution in [2.45, 2.75) is 13.0 Å². The highest BCUT2D eigenvalue weighted by atomic mass is 16.5. The second-order valence-electron chi connectivity index (χ2n) is 4.81. The number of carbonyl (C=O) groups excluding carboxylic acids is 2. The van der Waals surface area contributed by atoms with Gasteiger partial charge in [-0.2, -0.15) is 5.10 Å². The van der Waals surface area contributed by atoms with Gasteiger partial charge in [0.25, 0.3) is 5.91 Å². The van der Waals surface area contributed by atoms with Gasteiger partial charge >= 0.3 is 5.97 Å². The first kappa shape index (κ1) is 14.8. The van der Waals surface area contributed by atoms with E-state index >= 15 is 0 Å². The minimum absolute atomic E-state index is 0.215. The Kier molecular flexibility index (Phi) is 4.37. The van der Waals surface area contributed by atoms with E-state index in [0.29, 0.717) is 5.69 Å². The highest BCUT2D eigenvalue weighted by molar-refractivity contribution is 5.91. The van der Waals surface area contributed by atoms with Gasteiger partial charge in [0.15, 0.2) is 6.10 Å². The summed E-state index contributed by atoms with van der Waals surface area (Å²) in [5.41, 5.74) is 1.76. The van der Waals surface area contributed by atoms with E-state index in [2.05, 4.69) is 10.2 Å². The lowest BCUT2D eigenvalue weighted by molar-refractivity contribution is -0.137. The minimum Gasteiger partial charge on any atom is -0.448 e. The number of nitrogens with zero attached hydrogens (tertiary/aromatic N) is 2. The number of rotatable bonds is 4. The van der Waals surface area contributed by atoms with E-state index in [1.54, 1.807) is 20.2 Å². The molecule has 1 amide bonds. The Hall–Kier alpha value is -2.63. The van der Waals surface area contributed by atoms with Crippen LogP contribution in [0.5, 0.6) is 0 Å². The molecule has 6 heteroatoms. The number of likely N-dealkylation sites (N-methyl/N-ethyl adjacent to an activating group) is 1. The van der Waals surface area contributed by atoms with E-state index in [1.807, 2.05) is 30.3 Å². The highest BCUT2D eigenvalue weighted by Gasteiger charge is 2.21. The van der Waals surface area contributed by atoms with Crippen LogP contribution in [0.15, 0.2) is 36.4 Å². The van der Waals surface area contributed by atoms with Gasteiger partial charge < -0.3 is 9.64 Å². The van der Waals surface area contributed by atoms with Crippen LogP contribution >= 0.6 is 0 Å². The monoisotopic (exact) mass is 287 g/mol. The van der Waals surface area contributed by atoms with Crippen LogP contribution in [0.2, 0.25) is 0 Å². The van der Waals surface area contributed by atoms with E-state index in [4.69, 9.17) is 4.74 Å². The lowest BCUT2D eigenvalue weighted by Gasteiger charge is -2.16. The molecule has 0 fully saturated rings. The third-order valence-corrected chi connectivity index (χ3v) is 2.94. The summed E-state index contributed by atoms with van der Waals surface area (Å²) in [4.78, 5) is 25.0. The van der Waals surface area contributed by atoms with Crippen LogP contribution in [0.3, 0.4) is 0 Å². The standard InChI is InChI=1S/C15H17N3O3/c1-10(14(19)18(2)3)21-15(20)13-9-12(16-17-13)11-7-5-4-6-8-11/h4-10H,1-3H3,(H,16,17)/t10-/m0/s1. The molecule has 110 valence electrons. The van der Waals surface area contributed by atoms with E-state index < -0.39 is 12.1 Å². The number of amides is 1. The third kappa shape index (κ3) is 3.47. The molecule has 0 radical (unpaired) electrons. The van der Waals surface area contributed by atoms with Crippen molar-refractivity contribution in [3.8, 4) is 11.3 Å². The molecule has 0 saturated heterocycles. The Bertz CT molecular complexity index is 635. The molecule has 1 heterocycles. The molecule has 21 heavy (non-hydrogen) atoms. The summed E-state index contributed by atoms with van der Waals surface area (Å²) in [5.74, 6) is -0.876. The van der Waals surface area contributed by atoms with Crippen molar-refractivity contribution >= 4 is 11.9 Å². The van der Waals surface area contributed by atoms with Crippen LogP contribution < -0.4 is 0 Å². The average molecular weight is 287 g/mol. The molecule has 0 saturated carbocycles. The number of hydrogen-bond acceptors (Lipinski definition) is 4. The van der Waals surface area contributed by atoms with E-state index in [-0.39, 0.29) is 11.6 Å². The number of H-pyrrole nitrogens is 1. The number of carbonyl (C=O) groups is 2. The molecule has 0 unspecified atom stereocenters. The third-order valence-electron chi connectivity index (χ3n) is 2.94. The zero-order valence-corrected chi connectivity index (χ0v) is 12.2. The highest BCUT2D eigenvalue weighted by Crippen LogP contribution is 2.17. The Morgan fingerprint density at radius 1 is 1.24 bits per heavy atom. The normalized spacial score (nSPS) is 11.8. The molecule has 0 aliphatic rings. The van der Waals surface area contributed by atoms with Crippen LogP contribution in [0.4, 0.5) is 0 Å². The maximum absolute atomic E-state index is 12.0. The Morgan fingerprint density at radius 2 is 1.90 bits per heavy atom. The summed E-state index contributed by atoms with van der Waals surface area (Å²) in [6, 6.07) is 11.1. The maximum Gasteiger partial charge on any atom is 0.357 e. The van der Waals surface area contributed by atoms with Crippen molar-refractivity contribution in [3.63, 3.8) is 0 Å². The van der Waals surface area contributed by atoms with Crippen molar-refractivity contribution < 1.29 is 14.3 Å². The topological polar surface area (TPSA) is 75.3 Å². The number of nitrogens with one attached hydrogen (secondary N) is 1. The first-order valence-corrected chi connectivity index (χ1v) is 6.52. The summed E-state index contributed by atoms with van der Waals surface area (Å²) in [7, 11) is 3.22. The Labute approximate surface area is 122 Å². The predicted octanol–water partition coefficient (Wildman–Crippen LogP) is 1.71. The second kappa shape index (κ2) is 6.21. The zero-order chi connectivity index (χ0) is 15.4. The van der Waals surface area contributed by atoms with Gasteiger partial charge in [-0.25, -0.2) is 4.79 Å². The van der Waals surface area contributed by atoms with Gasteiger partial charge in [-0.1, -0.05) is 30.3 Å². The van der Waals surface area contributed by atoms with Crippen molar-refractivity contribution in [3.05, 3.63) is 42.1 Å². The van der Waals surface area contributed by atoms with Gasteiger partial charge in [-0.05, 0) is 13.0 Å². The number of benzene rings is 1. The fourth-order valence-electron chi connectivity index (χ4n) is 1.82. The molecular formula is C15H17N3O3. The lowest BCUT2D eigenvalue weighted by Crippen LogP contribution is -2.34. The molecule has 0 bridgehead atoms. The van der Waals surface area contributed by atoms with Crippen molar-refractivity contribution in [1.29, 1.82) is 0 Å². The van der Waals surface area contributed by atoms with Crippen molar-refractivity contribution in [2.24, 2.45) is 0 Å². The van der Waals surface area contributed by atoms with Crippen molar-refractivity contribution in [1.82, 2.24) is 15.1 Å². The quantitative estimate of drug-likeness (QED) is 0.869. The molecule has 1 aromatic carbocycles. The second-order valence-corrected chi connectivity index (χ2v) is 4.81. The fourth-order valence-corrected chi connectivity index (χ4v) is 1.82. The van der Waals surface area contributed by atoms with Crippen LogP contribution in [0, 0.1) is 0 Å². The first-order chi connectivity index (χ1) is 9.99. The molecule has 1 aromatic heterocycles. The molecule has 2 aromatic rings. The van der Waals surface area contributed by atoms with Gasteiger partial charge in [0, 0.05) is 19.7 Å². The molecule has 0 aliphatic heterocycles. The summed E-state index contributed by atoms with van der Waals surface area (Å²) in [6.07, 6.45) is -0.837. The molecule has 6 nitrogen and oxygen atoms in total. The minimum atomic E-state index is -0.837. The van der Waals surface area contributed by atoms with E-state index in [1.165, 1.54) is 11.8 Å². The molecule has 1 N–H and O–H groups in total. The van der Waals surface area contributed by atoms with Crippen LogP contribution in [0.25, 0.3) is 11.3 Å². The van der Waals surface area contributed by atoms with Crippen LogP contribution in [-0.4, -0.2) is 47.2 Å². The van der Waals surface area contributed by atoms with E-state index in [0.717, 1.165) is 5.56 Å². The molecule has 0 aliphatic carbocycles. The summed E-state index contributed by atoms with van der Waals surface area (Å²) < 4.78 is 5.11. The lowest BCUT2D eigenvalue weighted by atomic mass is 10.1. The Morgan fingerprint density at radius 3 is 2.52 bits per heavy atom. The maximum atomic E-state index is 12.0. The fraction of sp³-hybridized carbons (Fsp3) is 0.267. The number of hydrogen-bond donors (Lipinski definition) is 1. The zero-order valence-electron chi connectivity index (χ0n) is 12.2. The number of aromatic nitrogens is 2. The molecular weight excluding hydrogens is 270 g/mol. The largest absolute Gasteiger partial charge is 0.448 e. The van der Waals surface area contributed by atoms with Crippen LogP contribution in [-0.2, 0) is 9.53 Å². The predicted molar refractivity (Wildman–Crippen MR) is 77.6 cm³/mol. The SMILES string of the molecule is C[C@H](OC(=O)c1cc(-c2ccccc2)n[nH]1)C(=O)N(C)C.